The lowest BCUT2D eigenvalue weighted by molar-refractivity contribution is -0.139. The van der Waals surface area contributed by atoms with Gasteiger partial charge in [-0.2, -0.15) is 0 Å². The molecule has 0 saturated carbocycles. The number of pyridine rings is 1. The quantitative estimate of drug-likeness (QED) is 0.888. The van der Waals surface area contributed by atoms with Gasteiger partial charge in [-0.1, -0.05) is 6.07 Å². The monoisotopic (exact) mass is 355 g/mol. The van der Waals surface area contributed by atoms with Crippen molar-refractivity contribution in [3.63, 3.8) is 0 Å². The second kappa shape index (κ2) is 8.23. The van der Waals surface area contributed by atoms with Crippen LogP contribution in [0.1, 0.15) is 42.5 Å². The van der Waals surface area contributed by atoms with Gasteiger partial charge >= 0.3 is 0 Å². The van der Waals surface area contributed by atoms with E-state index in [9.17, 15) is 4.79 Å². The molecule has 1 aliphatic heterocycles. The van der Waals surface area contributed by atoms with E-state index < -0.39 is 0 Å². The van der Waals surface area contributed by atoms with Crippen molar-refractivity contribution >= 4 is 17.5 Å². The first-order valence-electron chi connectivity index (χ1n) is 8.91. The average Bonchev–Trinajstić information content (AvgIpc) is 2.61. The molecule has 0 aliphatic carbocycles. The summed E-state index contributed by atoms with van der Waals surface area (Å²) in [4.78, 5) is 27.8. The second-order valence-corrected chi connectivity index (χ2v) is 6.55. The summed E-state index contributed by atoms with van der Waals surface area (Å²) in [5, 5.41) is 3.24. The minimum absolute atomic E-state index is 0.00308. The number of carbonyl (C=O) groups excluding carboxylic acids is 1. The molecule has 2 aromatic heterocycles. The summed E-state index contributed by atoms with van der Waals surface area (Å²) >= 11 is 0. The Morgan fingerprint density at radius 2 is 2.08 bits per heavy atom. The maximum atomic E-state index is 12.4. The van der Waals surface area contributed by atoms with Crippen LogP contribution in [-0.2, 0) is 9.53 Å². The second-order valence-electron chi connectivity index (χ2n) is 6.55. The summed E-state index contributed by atoms with van der Waals surface area (Å²) in [6.45, 7) is 4.64. The van der Waals surface area contributed by atoms with E-state index in [1.54, 1.807) is 7.11 Å². The largest absolute Gasteiger partial charge is 0.375 e. The van der Waals surface area contributed by atoms with E-state index in [0.29, 0.717) is 11.6 Å². The van der Waals surface area contributed by atoms with Gasteiger partial charge in [0.05, 0.1) is 11.7 Å². The number of amides is 1. The Kier molecular flexibility index (Phi) is 5.78. The van der Waals surface area contributed by atoms with Crippen molar-refractivity contribution in [2.45, 2.75) is 39.2 Å². The number of ether oxygens (including phenoxy) is 1. The highest BCUT2D eigenvalue weighted by atomic mass is 16.5. The average molecular weight is 355 g/mol. The Morgan fingerprint density at radius 1 is 1.23 bits per heavy atom. The molecule has 1 fully saturated rings. The Labute approximate surface area is 153 Å². The first-order valence-corrected chi connectivity index (χ1v) is 8.91. The van der Waals surface area contributed by atoms with Gasteiger partial charge in [0.1, 0.15) is 24.1 Å². The van der Waals surface area contributed by atoms with Crippen LogP contribution in [0.5, 0.6) is 0 Å². The molecule has 0 spiro atoms. The number of nitrogens with zero attached hydrogens (tertiary/aromatic N) is 4. The molecule has 0 unspecified atom stereocenters. The lowest BCUT2D eigenvalue weighted by atomic mass is 9.98. The first kappa shape index (κ1) is 18.3. The Morgan fingerprint density at radius 3 is 2.85 bits per heavy atom. The van der Waals surface area contributed by atoms with Gasteiger partial charge in [-0.15, -0.1) is 0 Å². The van der Waals surface area contributed by atoms with Crippen molar-refractivity contribution in [2.24, 2.45) is 0 Å². The highest BCUT2D eigenvalue weighted by Gasteiger charge is 2.29. The highest BCUT2D eigenvalue weighted by molar-refractivity contribution is 5.78. The first-order chi connectivity index (χ1) is 12.6. The van der Waals surface area contributed by atoms with Gasteiger partial charge < -0.3 is 15.0 Å². The molecule has 7 heteroatoms. The standard InChI is InChI=1S/C19H25N5O2/c1-13-7-6-9-17(20-13)23-18-11-15(21-14(2)22-18)16-8-4-5-10-24(16)19(25)12-26-3/h6-7,9,11,16H,4-5,8,10,12H2,1-3H3,(H,20,21,22,23)/t16-/m0/s1. The van der Waals surface area contributed by atoms with Crippen LogP contribution in [0, 0.1) is 13.8 Å². The molecule has 138 valence electrons. The number of rotatable bonds is 5. The predicted octanol–water partition coefficient (Wildman–Crippen LogP) is 2.93. The number of anilines is 2. The van der Waals surface area contributed by atoms with Crippen LogP contribution in [0.3, 0.4) is 0 Å². The molecule has 0 aromatic carbocycles. The molecule has 1 amide bonds. The lowest BCUT2D eigenvalue weighted by Gasteiger charge is -2.35. The number of likely N-dealkylation sites (tertiary alicyclic amines) is 1. The third kappa shape index (κ3) is 4.35. The Hall–Kier alpha value is -2.54. The van der Waals surface area contributed by atoms with Gasteiger partial charge in [-0.25, -0.2) is 15.0 Å². The number of piperidine rings is 1. The summed E-state index contributed by atoms with van der Waals surface area (Å²) in [7, 11) is 1.54. The molecule has 7 nitrogen and oxygen atoms in total. The molecule has 1 atom stereocenters. The van der Waals surface area contributed by atoms with Gasteiger partial charge in [0.25, 0.3) is 0 Å². The van der Waals surface area contributed by atoms with Crippen molar-refractivity contribution in [1.82, 2.24) is 19.9 Å². The number of carbonyl (C=O) groups is 1. The lowest BCUT2D eigenvalue weighted by Crippen LogP contribution is -2.40. The maximum Gasteiger partial charge on any atom is 0.249 e. The number of aromatic nitrogens is 3. The van der Waals surface area contributed by atoms with E-state index in [4.69, 9.17) is 4.74 Å². The van der Waals surface area contributed by atoms with Crippen LogP contribution in [0.4, 0.5) is 11.6 Å². The van der Waals surface area contributed by atoms with E-state index >= 15 is 0 Å². The molecule has 2 aromatic rings. The van der Waals surface area contributed by atoms with Crippen LogP contribution in [-0.4, -0.2) is 46.0 Å². The van der Waals surface area contributed by atoms with Crippen molar-refractivity contribution in [1.29, 1.82) is 0 Å². The van der Waals surface area contributed by atoms with E-state index in [0.717, 1.165) is 43.0 Å². The fourth-order valence-corrected chi connectivity index (χ4v) is 3.31. The van der Waals surface area contributed by atoms with Crippen molar-refractivity contribution < 1.29 is 9.53 Å². The fraction of sp³-hybridized carbons (Fsp3) is 0.474. The van der Waals surface area contributed by atoms with E-state index in [2.05, 4.69) is 20.3 Å². The van der Waals surface area contributed by atoms with E-state index in [1.807, 2.05) is 43.0 Å². The van der Waals surface area contributed by atoms with Crippen LogP contribution >= 0.6 is 0 Å². The Balaban J connectivity index is 1.86. The Bertz CT molecular complexity index is 780. The molecule has 0 radical (unpaired) electrons. The third-order valence-electron chi connectivity index (χ3n) is 4.43. The molecule has 1 saturated heterocycles. The van der Waals surface area contributed by atoms with Gasteiger partial charge in [0, 0.05) is 25.4 Å². The molecule has 0 bridgehead atoms. The molecule has 26 heavy (non-hydrogen) atoms. The summed E-state index contributed by atoms with van der Waals surface area (Å²) in [6.07, 6.45) is 2.98. The minimum Gasteiger partial charge on any atom is -0.375 e. The highest BCUT2D eigenvalue weighted by Crippen LogP contribution is 2.31. The van der Waals surface area contributed by atoms with E-state index in [-0.39, 0.29) is 18.6 Å². The zero-order valence-corrected chi connectivity index (χ0v) is 15.5. The number of nitrogens with one attached hydrogen (secondary N) is 1. The zero-order chi connectivity index (χ0) is 18.5. The van der Waals surface area contributed by atoms with Crippen molar-refractivity contribution in [3.8, 4) is 0 Å². The predicted molar refractivity (Wildman–Crippen MR) is 99.2 cm³/mol. The summed E-state index contributed by atoms with van der Waals surface area (Å²) in [5.41, 5.74) is 1.79. The molecule has 1 aliphatic rings. The molecule has 1 N–H and O–H groups in total. The van der Waals surface area contributed by atoms with Crippen LogP contribution in [0.25, 0.3) is 0 Å². The number of hydrogen-bond acceptors (Lipinski definition) is 6. The minimum atomic E-state index is -0.0425. The van der Waals surface area contributed by atoms with Crippen molar-refractivity contribution in [2.75, 3.05) is 25.6 Å². The summed E-state index contributed by atoms with van der Waals surface area (Å²) < 4.78 is 5.03. The molecule has 3 rings (SSSR count). The summed E-state index contributed by atoms with van der Waals surface area (Å²) in [6, 6.07) is 7.67. The number of hydrogen-bond donors (Lipinski definition) is 1. The van der Waals surface area contributed by atoms with Crippen LogP contribution in [0.15, 0.2) is 24.3 Å². The van der Waals surface area contributed by atoms with Crippen LogP contribution < -0.4 is 5.32 Å². The third-order valence-corrected chi connectivity index (χ3v) is 4.43. The number of aryl methyl sites for hydroxylation is 2. The van der Waals surface area contributed by atoms with E-state index in [1.165, 1.54) is 0 Å². The normalized spacial score (nSPS) is 17.2. The molecular weight excluding hydrogens is 330 g/mol. The van der Waals surface area contributed by atoms with Gasteiger partial charge in [0.15, 0.2) is 0 Å². The van der Waals surface area contributed by atoms with Crippen molar-refractivity contribution in [3.05, 3.63) is 41.5 Å². The summed E-state index contributed by atoms with van der Waals surface area (Å²) in [5.74, 6) is 2.10. The zero-order valence-electron chi connectivity index (χ0n) is 15.5. The van der Waals surface area contributed by atoms with Gasteiger partial charge in [-0.05, 0) is 45.2 Å². The molecule has 3 heterocycles. The topological polar surface area (TPSA) is 80.2 Å². The SMILES string of the molecule is COCC(=O)N1CCCC[C@H]1c1cc(Nc2cccc(C)n2)nc(C)n1. The van der Waals surface area contributed by atoms with Gasteiger partial charge in [-0.3, -0.25) is 4.79 Å². The molecular formula is C19H25N5O2. The fourth-order valence-electron chi connectivity index (χ4n) is 3.31. The van der Waals surface area contributed by atoms with Crippen LogP contribution in [0.2, 0.25) is 0 Å². The maximum absolute atomic E-state index is 12.4. The number of methoxy groups -OCH3 is 1. The van der Waals surface area contributed by atoms with Gasteiger partial charge in [0.2, 0.25) is 5.91 Å². The smallest absolute Gasteiger partial charge is 0.249 e.